The van der Waals surface area contributed by atoms with Gasteiger partial charge < -0.3 is 20.1 Å². The normalized spacial score (nSPS) is 24.4. The molecule has 2 N–H and O–H groups in total. The number of aromatic nitrogens is 4. The van der Waals surface area contributed by atoms with Crippen molar-refractivity contribution < 1.29 is 9.84 Å². The van der Waals surface area contributed by atoms with Crippen molar-refractivity contribution in [3.05, 3.63) is 35.8 Å². The van der Waals surface area contributed by atoms with E-state index in [-0.39, 0.29) is 5.54 Å². The molecule has 9 heteroatoms. The molecule has 0 saturated carbocycles. The minimum absolute atomic E-state index is 0.289. The number of ether oxygens (including phenoxy) is 1. The Kier molecular flexibility index (Phi) is 5.27. The molecule has 3 aromatic rings. The van der Waals surface area contributed by atoms with Crippen LogP contribution in [0.3, 0.4) is 0 Å². The fraction of sp³-hybridized carbons (Fsp3) is 0.522. The third-order valence-electron chi connectivity index (χ3n) is 7.11. The summed E-state index contributed by atoms with van der Waals surface area (Å²) >= 11 is 0. The van der Waals surface area contributed by atoms with E-state index in [1.54, 1.807) is 6.20 Å². The molecule has 0 bridgehead atoms. The van der Waals surface area contributed by atoms with Gasteiger partial charge in [-0.15, -0.1) is 0 Å². The van der Waals surface area contributed by atoms with E-state index < -0.39 is 6.10 Å². The number of hydrogen-bond donors (Lipinski definition) is 2. The predicted octanol–water partition coefficient (Wildman–Crippen LogP) is 2.00. The van der Waals surface area contributed by atoms with Gasteiger partial charge in [0.25, 0.3) is 0 Å². The van der Waals surface area contributed by atoms with Gasteiger partial charge in [-0.2, -0.15) is 5.10 Å². The lowest BCUT2D eigenvalue weighted by Crippen LogP contribution is -2.60. The summed E-state index contributed by atoms with van der Waals surface area (Å²) in [5.74, 6) is 0.566. The maximum atomic E-state index is 10.4. The first-order valence-electron chi connectivity index (χ1n) is 11.1. The van der Waals surface area contributed by atoms with Gasteiger partial charge in [0.1, 0.15) is 0 Å². The van der Waals surface area contributed by atoms with Gasteiger partial charge in [0.05, 0.1) is 48.0 Å². The van der Waals surface area contributed by atoms with Crippen LogP contribution in [0, 0.1) is 13.8 Å². The van der Waals surface area contributed by atoms with Crippen molar-refractivity contribution in [2.24, 2.45) is 7.05 Å². The zero-order valence-corrected chi connectivity index (χ0v) is 19.2. The van der Waals surface area contributed by atoms with Crippen LogP contribution in [0.5, 0.6) is 0 Å². The SMILES string of the molecule is Cc1cc2cnc(Nc3cnn(C)c3C)nc2cc1N1CCN(C2(C)COCC2O)CC1. The highest BCUT2D eigenvalue weighted by Crippen LogP contribution is 2.31. The van der Waals surface area contributed by atoms with E-state index in [2.05, 4.69) is 51.2 Å². The zero-order valence-electron chi connectivity index (χ0n) is 19.2. The quantitative estimate of drug-likeness (QED) is 0.640. The first kappa shape index (κ1) is 21.1. The maximum absolute atomic E-state index is 10.4. The number of nitrogens with one attached hydrogen (secondary N) is 1. The van der Waals surface area contributed by atoms with Gasteiger partial charge in [0, 0.05) is 50.5 Å². The third-order valence-corrected chi connectivity index (χ3v) is 7.11. The average Bonchev–Trinajstić information content (AvgIpc) is 3.30. The molecule has 0 amide bonds. The first-order valence-corrected chi connectivity index (χ1v) is 11.1. The molecule has 1 aromatic carbocycles. The largest absolute Gasteiger partial charge is 0.389 e. The van der Waals surface area contributed by atoms with E-state index in [0.717, 1.165) is 48.5 Å². The summed E-state index contributed by atoms with van der Waals surface area (Å²) in [4.78, 5) is 14.0. The van der Waals surface area contributed by atoms with Gasteiger partial charge in [-0.25, -0.2) is 9.97 Å². The molecular formula is C23H31N7O2. The smallest absolute Gasteiger partial charge is 0.227 e. The molecule has 2 aliphatic rings. The number of aliphatic hydroxyl groups is 1. The highest BCUT2D eigenvalue weighted by Gasteiger charge is 2.44. The molecule has 2 unspecified atom stereocenters. The summed E-state index contributed by atoms with van der Waals surface area (Å²) in [6.45, 7) is 10.9. The van der Waals surface area contributed by atoms with Crippen molar-refractivity contribution in [1.82, 2.24) is 24.6 Å². The van der Waals surface area contributed by atoms with Gasteiger partial charge in [0.15, 0.2) is 0 Å². The third kappa shape index (κ3) is 3.60. The van der Waals surface area contributed by atoms with Crippen LogP contribution < -0.4 is 10.2 Å². The van der Waals surface area contributed by atoms with Gasteiger partial charge in [0.2, 0.25) is 5.95 Å². The van der Waals surface area contributed by atoms with E-state index in [9.17, 15) is 5.11 Å². The van der Waals surface area contributed by atoms with Gasteiger partial charge in [-0.3, -0.25) is 9.58 Å². The Labute approximate surface area is 188 Å². The Morgan fingerprint density at radius 1 is 1.16 bits per heavy atom. The van der Waals surface area contributed by atoms with E-state index in [1.807, 2.05) is 24.9 Å². The fourth-order valence-corrected chi connectivity index (χ4v) is 4.74. The molecule has 5 rings (SSSR count). The summed E-state index contributed by atoms with van der Waals surface area (Å²) in [5.41, 5.74) is 4.98. The second kappa shape index (κ2) is 7.99. The van der Waals surface area contributed by atoms with Crippen LogP contribution in [0.1, 0.15) is 18.2 Å². The number of piperazine rings is 1. The van der Waals surface area contributed by atoms with Crippen LogP contribution >= 0.6 is 0 Å². The average molecular weight is 438 g/mol. The van der Waals surface area contributed by atoms with Crippen LogP contribution in [-0.2, 0) is 11.8 Å². The molecule has 2 aromatic heterocycles. The van der Waals surface area contributed by atoms with Crippen LogP contribution in [-0.4, -0.2) is 80.8 Å². The summed E-state index contributed by atoms with van der Waals surface area (Å²) in [7, 11) is 1.91. The van der Waals surface area contributed by atoms with E-state index in [1.165, 1.54) is 11.3 Å². The summed E-state index contributed by atoms with van der Waals surface area (Å²) in [5, 5.41) is 19.0. The van der Waals surface area contributed by atoms with Crippen LogP contribution in [0.25, 0.3) is 10.9 Å². The van der Waals surface area contributed by atoms with Crippen molar-refractivity contribution in [2.75, 3.05) is 49.6 Å². The van der Waals surface area contributed by atoms with Crippen LogP contribution in [0.2, 0.25) is 0 Å². The van der Waals surface area contributed by atoms with Crippen LogP contribution in [0.15, 0.2) is 24.5 Å². The number of rotatable bonds is 4. The van der Waals surface area contributed by atoms with Crippen molar-refractivity contribution in [2.45, 2.75) is 32.4 Å². The van der Waals surface area contributed by atoms with Crippen molar-refractivity contribution in [1.29, 1.82) is 0 Å². The molecular weight excluding hydrogens is 406 g/mol. The Balaban J connectivity index is 1.36. The molecule has 2 saturated heterocycles. The van der Waals surface area contributed by atoms with Crippen molar-refractivity contribution >= 4 is 28.2 Å². The standard InChI is InChI=1S/C23H31N7O2/c1-15-9-17-11-24-22(27-19-12-25-28(4)16(19)2)26-18(17)10-20(15)29-5-7-30(8-6-29)23(3)14-32-13-21(23)31/h9-12,21,31H,5-8,13-14H2,1-4H3,(H,24,26,27). The Hall–Kier alpha value is -2.75. The fourth-order valence-electron chi connectivity index (χ4n) is 4.74. The minimum Gasteiger partial charge on any atom is -0.389 e. The minimum atomic E-state index is -0.428. The van der Waals surface area contributed by atoms with Gasteiger partial charge in [-0.05, 0) is 38.5 Å². The molecule has 32 heavy (non-hydrogen) atoms. The lowest BCUT2D eigenvalue weighted by Gasteiger charge is -2.45. The Morgan fingerprint density at radius 3 is 2.59 bits per heavy atom. The van der Waals surface area contributed by atoms with E-state index in [0.29, 0.717) is 19.2 Å². The highest BCUT2D eigenvalue weighted by atomic mass is 16.5. The molecule has 4 heterocycles. The van der Waals surface area contributed by atoms with E-state index >= 15 is 0 Å². The number of aryl methyl sites for hydroxylation is 2. The number of anilines is 3. The molecule has 2 aliphatic heterocycles. The van der Waals surface area contributed by atoms with Gasteiger partial charge in [-0.1, -0.05) is 0 Å². The topological polar surface area (TPSA) is 91.6 Å². The first-order chi connectivity index (χ1) is 15.3. The number of fused-ring (bicyclic) bond motifs is 1. The van der Waals surface area contributed by atoms with E-state index in [4.69, 9.17) is 9.72 Å². The molecule has 2 fully saturated rings. The number of benzene rings is 1. The lowest BCUT2D eigenvalue weighted by atomic mass is 9.95. The molecule has 0 spiro atoms. The predicted molar refractivity (Wildman–Crippen MR) is 125 cm³/mol. The monoisotopic (exact) mass is 437 g/mol. The van der Waals surface area contributed by atoms with Crippen molar-refractivity contribution in [3.8, 4) is 0 Å². The Morgan fingerprint density at radius 2 is 1.94 bits per heavy atom. The second-order valence-corrected chi connectivity index (χ2v) is 9.15. The number of nitrogens with zero attached hydrogens (tertiary/aromatic N) is 6. The summed E-state index contributed by atoms with van der Waals surface area (Å²) in [6, 6.07) is 4.32. The lowest BCUT2D eigenvalue weighted by molar-refractivity contribution is 0.00882. The maximum Gasteiger partial charge on any atom is 0.227 e. The Bertz CT molecular complexity index is 1140. The second-order valence-electron chi connectivity index (χ2n) is 9.15. The molecule has 0 radical (unpaired) electrons. The highest BCUT2D eigenvalue weighted by molar-refractivity contribution is 5.84. The van der Waals surface area contributed by atoms with Crippen molar-refractivity contribution in [3.63, 3.8) is 0 Å². The number of aliphatic hydroxyl groups excluding tert-OH is 1. The van der Waals surface area contributed by atoms with Crippen LogP contribution in [0.4, 0.5) is 17.3 Å². The summed E-state index contributed by atoms with van der Waals surface area (Å²) < 4.78 is 7.36. The molecule has 9 nitrogen and oxygen atoms in total. The molecule has 2 atom stereocenters. The number of hydrogen-bond acceptors (Lipinski definition) is 8. The molecule has 170 valence electrons. The summed E-state index contributed by atoms with van der Waals surface area (Å²) in [6.07, 6.45) is 3.23. The van der Waals surface area contributed by atoms with Gasteiger partial charge >= 0.3 is 0 Å². The zero-order chi connectivity index (χ0) is 22.5. The molecule has 0 aliphatic carbocycles.